The second-order valence-electron chi connectivity index (χ2n) is 6.34. The van der Waals surface area contributed by atoms with Crippen molar-refractivity contribution in [3.8, 4) is 0 Å². The van der Waals surface area contributed by atoms with E-state index in [-0.39, 0.29) is 12.3 Å². The van der Waals surface area contributed by atoms with Gasteiger partial charge in [0.1, 0.15) is 6.04 Å². The third-order valence-electron chi connectivity index (χ3n) is 4.57. The van der Waals surface area contributed by atoms with Gasteiger partial charge in [-0.15, -0.1) is 0 Å². The molecule has 0 aliphatic heterocycles. The molecule has 1 aliphatic carbocycles. The largest absolute Gasteiger partial charge is 0.481 e. The quantitative estimate of drug-likeness (QED) is 0.817. The molecule has 132 valence electrons. The van der Waals surface area contributed by atoms with E-state index in [1.165, 1.54) is 0 Å². The van der Waals surface area contributed by atoms with E-state index in [1.807, 2.05) is 0 Å². The number of carbonyl (C=O) groups excluding carboxylic acids is 1. The first kappa shape index (κ1) is 17.4. The van der Waals surface area contributed by atoms with E-state index in [2.05, 4.69) is 15.5 Å². The van der Waals surface area contributed by atoms with Gasteiger partial charge in [-0.1, -0.05) is 35.3 Å². The predicted molar refractivity (Wildman–Crippen MR) is 89.0 cm³/mol. The van der Waals surface area contributed by atoms with Gasteiger partial charge in [0.15, 0.2) is 5.82 Å². The highest BCUT2D eigenvalue weighted by Gasteiger charge is 2.46. The molecule has 0 saturated heterocycles. The van der Waals surface area contributed by atoms with Crippen LogP contribution in [0.5, 0.6) is 0 Å². The Bertz CT molecular complexity index is 783. The Labute approximate surface area is 149 Å². The molecular formula is C17H18ClN3O4. The summed E-state index contributed by atoms with van der Waals surface area (Å²) in [6, 6.07) is 6.29. The Kier molecular flexibility index (Phi) is 4.76. The first-order valence-electron chi connectivity index (χ1n) is 7.98. The van der Waals surface area contributed by atoms with Crippen molar-refractivity contribution in [2.75, 3.05) is 0 Å². The Morgan fingerprint density at radius 3 is 2.52 bits per heavy atom. The summed E-state index contributed by atoms with van der Waals surface area (Å²) < 4.78 is 5.01. The topological polar surface area (TPSA) is 105 Å². The van der Waals surface area contributed by atoms with Crippen LogP contribution in [0.15, 0.2) is 28.8 Å². The fourth-order valence-corrected chi connectivity index (χ4v) is 3.10. The molecule has 1 aliphatic rings. The van der Waals surface area contributed by atoms with E-state index in [0.717, 1.165) is 12.0 Å². The fraction of sp³-hybridized carbons (Fsp3) is 0.412. The average Bonchev–Trinajstić information content (AvgIpc) is 2.95. The molecule has 0 bridgehead atoms. The summed E-state index contributed by atoms with van der Waals surface area (Å²) in [6.07, 6.45) is 1.79. The maximum Gasteiger partial charge on any atom is 0.310 e. The van der Waals surface area contributed by atoms with E-state index >= 15 is 0 Å². The molecule has 0 radical (unpaired) electrons. The molecule has 25 heavy (non-hydrogen) atoms. The maximum absolute atomic E-state index is 12.5. The highest BCUT2D eigenvalue weighted by Crippen LogP contribution is 2.44. The molecule has 1 unspecified atom stereocenters. The van der Waals surface area contributed by atoms with Crippen LogP contribution in [0.4, 0.5) is 0 Å². The summed E-state index contributed by atoms with van der Waals surface area (Å²) in [6.45, 7) is 1.66. The second-order valence-corrected chi connectivity index (χ2v) is 6.78. The highest BCUT2D eigenvalue weighted by atomic mass is 35.5. The van der Waals surface area contributed by atoms with Crippen LogP contribution in [-0.4, -0.2) is 27.1 Å². The van der Waals surface area contributed by atoms with Gasteiger partial charge in [0.2, 0.25) is 11.8 Å². The van der Waals surface area contributed by atoms with Crippen molar-refractivity contribution in [2.24, 2.45) is 5.41 Å². The number of benzene rings is 1. The zero-order valence-electron chi connectivity index (χ0n) is 13.7. The first-order chi connectivity index (χ1) is 11.9. The zero-order chi connectivity index (χ0) is 18.0. The fourth-order valence-electron chi connectivity index (χ4n) is 2.97. The van der Waals surface area contributed by atoms with Crippen LogP contribution in [0.2, 0.25) is 5.02 Å². The van der Waals surface area contributed by atoms with E-state index in [4.69, 9.17) is 16.1 Å². The lowest BCUT2D eigenvalue weighted by atomic mass is 9.66. The number of aliphatic carboxylic acids is 1. The van der Waals surface area contributed by atoms with Gasteiger partial charge in [0, 0.05) is 18.4 Å². The monoisotopic (exact) mass is 363 g/mol. The van der Waals surface area contributed by atoms with Gasteiger partial charge < -0.3 is 14.9 Å². The van der Waals surface area contributed by atoms with Crippen molar-refractivity contribution < 1.29 is 19.2 Å². The van der Waals surface area contributed by atoms with Crippen molar-refractivity contribution in [1.29, 1.82) is 0 Å². The third-order valence-corrected chi connectivity index (χ3v) is 4.83. The lowest BCUT2D eigenvalue weighted by Crippen LogP contribution is -2.43. The van der Waals surface area contributed by atoms with Gasteiger partial charge in [-0.3, -0.25) is 9.59 Å². The molecule has 0 spiro atoms. The number of carboxylic acids is 1. The smallest absolute Gasteiger partial charge is 0.310 e. The third kappa shape index (κ3) is 3.66. The second kappa shape index (κ2) is 6.84. The number of halogens is 1. The van der Waals surface area contributed by atoms with E-state index in [1.54, 1.807) is 31.2 Å². The van der Waals surface area contributed by atoms with Gasteiger partial charge in [-0.25, -0.2) is 0 Å². The van der Waals surface area contributed by atoms with Crippen LogP contribution < -0.4 is 5.32 Å². The number of hydrogen-bond acceptors (Lipinski definition) is 5. The summed E-state index contributed by atoms with van der Waals surface area (Å²) >= 11 is 5.92. The molecule has 1 fully saturated rings. The van der Waals surface area contributed by atoms with Crippen LogP contribution >= 0.6 is 11.6 Å². The normalized spacial score (nSPS) is 16.7. The predicted octanol–water partition coefficient (Wildman–Crippen LogP) is 2.88. The molecule has 1 aromatic heterocycles. The Morgan fingerprint density at radius 2 is 2.04 bits per heavy atom. The number of amides is 1. The molecule has 2 aromatic rings. The van der Waals surface area contributed by atoms with Crippen molar-refractivity contribution in [1.82, 2.24) is 15.5 Å². The summed E-state index contributed by atoms with van der Waals surface area (Å²) in [5.74, 6) is -0.591. The Balaban J connectivity index is 1.81. The van der Waals surface area contributed by atoms with Crippen molar-refractivity contribution in [3.63, 3.8) is 0 Å². The Morgan fingerprint density at radius 1 is 1.36 bits per heavy atom. The first-order valence-corrected chi connectivity index (χ1v) is 8.36. The van der Waals surface area contributed by atoms with E-state index in [9.17, 15) is 14.7 Å². The number of aryl methyl sites for hydroxylation is 1. The molecular weight excluding hydrogens is 346 g/mol. The van der Waals surface area contributed by atoms with Gasteiger partial charge in [0.25, 0.3) is 0 Å². The molecule has 1 atom stereocenters. The summed E-state index contributed by atoms with van der Waals surface area (Å²) in [5, 5.41) is 16.7. The minimum atomic E-state index is -0.957. The molecule has 1 aromatic carbocycles. The number of hydrogen-bond donors (Lipinski definition) is 2. The molecule has 1 heterocycles. The molecule has 7 nitrogen and oxygen atoms in total. The van der Waals surface area contributed by atoms with Crippen molar-refractivity contribution in [2.45, 2.75) is 38.6 Å². The van der Waals surface area contributed by atoms with Crippen molar-refractivity contribution in [3.05, 3.63) is 46.6 Å². The lowest BCUT2D eigenvalue weighted by Gasteiger charge is -2.37. The number of aromatic nitrogens is 2. The van der Waals surface area contributed by atoms with Crippen LogP contribution in [0, 0.1) is 12.3 Å². The van der Waals surface area contributed by atoms with Gasteiger partial charge >= 0.3 is 5.97 Å². The van der Waals surface area contributed by atoms with E-state index < -0.39 is 17.4 Å². The number of carboxylic acid groups (broad SMARTS) is 1. The SMILES string of the molecule is Cc1nc(C(NC(=O)CC2(C(=O)O)CCC2)c2ccc(Cl)cc2)no1. The molecule has 1 amide bonds. The number of nitrogens with zero attached hydrogens (tertiary/aromatic N) is 2. The maximum atomic E-state index is 12.5. The molecule has 1 saturated carbocycles. The zero-order valence-corrected chi connectivity index (χ0v) is 14.4. The van der Waals surface area contributed by atoms with E-state index in [0.29, 0.717) is 29.6 Å². The van der Waals surface area contributed by atoms with Crippen LogP contribution in [0.25, 0.3) is 0 Å². The highest BCUT2D eigenvalue weighted by molar-refractivity contribution is 6.30. The van der Waals surface area contributed by atoms with Gasteiger partial charge in [0.05, 0.1) is 5.41 Å². The van der Waals surface area contributed by atoms with Crippen molar-refractivity contribution >= 4 is 23.5 Å². The molecule has 3 rings (SSSR count). The average molecular weight is 364 g/mol. The number of nitrogens with one attached hydrogen (secondary N) is 1. The summed E-state index contributed by atoms with van der Waals surface area (Å²) in [5.41, 5.74) is -0.224. The Hall–Kier alpha value is -2.41. The standard InChI is InChI=1S/C17H18ClN3O4/c1-10-19-15(21-25-10)14(11-3-5-12(18)6-4-11)20-13(22)9-17(16(23)24)7-2-8-17/h3-6,14H,2,7-9H2,1H3,(H,20,22)(H,23,24). The van der Waals surface area contributed by atoms with Gasteiger partial charge in [-0.05, 0) is 30.5 Å². The summed E-state index contributed by atoms with van der Waals surface area (Å²) in [7, 11) is 0. The molecule has 8 heteroatoms. The van der Waals surface area contributed by atoms with Crippen LogP contribution in [0.1, 0.15) is 49.0 Å². The lowest BCUT2D eigenvalue weighted by molar-refractivity contribution is -0.157. The summed E-state index contributed by atoms with van der Waals surface area (Å²) in [4.78, 5) is 28.2. The minimum Gasteiger partial charge on any atom is -0.481 e. The van der Waals surface area contributed by atoms with Crippen LogP contribution in [-0.2, 0) is 9.59 Å². The van der Waals surface area contributed by atoms with Crippen LogP contribution in [0.3, 0.4) is 0 Å². The van der Waals surface area contributed by atoms with Gasteiger partial charge in [-0.2, -0.15) is 4.98 Å². The number of rotatable bonds is 6. The molecule has 2 N–H and O–H groups in total. The number of carbonyl (C=O) groups is 2. The minimum absolute atomic E-state index is 0.0662.